The first kappa shape index (κ1) is 7.16. The second-order valence-corrected chi connectivity index (χ2v) is 3.36. The van der Waals surface area contributed by atoms with Crippen LogP contribution in [0.15, 0.2) is 0 Å². The van der Waals surface area contributed by atoms with Gasteiger partial charge in [0, 0.05) is 0 Å². The molecular formula is C5H6Cl2O2. The number of carbonyl (C=O) groups excluding carboxylic acids is 1. The first-order valence-electron chi connectivity index (χ1n) is 2.54. The molecular weight excluding hydrogens is 163 g/mol. The summed E-state index contributed by atoms with van der Waals surface area (Å²) in [4.78, 5) is 9.66. The molecule has 1 saturated heterocycles. The highest BCUT2D eigenvalue weighted by atomic mass is 35.5. The van der Waals surface area contributed by atoms with Gasteiger partial charge in [-0.1, -0.05) is 0 Å². The van der Waals surface area contributed by atoms with Gasteiger partial charge in [-0.05, 0) is 6.92 Å². The Kier molecular flexibility index (Phi) is 1.61. The number of hydrogen-bond acceptors (Lipinski definition) is 2. The van der Waals surface area contributed by atoms with Gasteiger partial charge in [-0.2, -0.15) is 0 Å². The molecule has 0 radical (unpaired) electrons. The van der Waals surface area contributed by atoms with E-state index in [2.05, 4.69) is 4.74 Å². The molecule has 2 nitrogen and oxygen atoms in total. The van der Waals surface area contributed by atoms with E-state index in [1.807, 2.05) is 0 Å². The number of rotatable bonds is 1. The molecule has 0 N–H and O–H groups in total. The first-order valence-corrected chi connectivity index (χ1v) is 3.42. The SMILES string of the molecule is C[C@]1(C(Cl)Cl)CC(=O)O1. The van der Waals surface area contributed by atoms with Crippen LogP contribution in [0.25, 0.3) is 0 Å². The number of ether oxygens (including phenoxy) is 1. The van der Waals surface area contributed by atoms with Gasteiger partial charge >= 0.3 is 5.97 Å². The van der Waals surface area contributed by atoms with Crippen LogP contribution in [0.2, 0.25) is 0 Å². The Morgan fingerprint density at radius 1 is 1.78 bits per heavy atom. The number of cyclic esters (lactones) is 1. The third-order valence-corrected chi connectivity index (χ3v) is 2.23. The van der Waals surface area contributed by atoms with Crippen molar-refractivity contribution in [3.8, 4) is 0 Å². The highest BCUT2D eigenvalue weighted by Crippen LogP contribution is 2.35. The van der Waals surface area contributed by atoms with Gasteiger partial charge in [0.25, 0.3) is 0 Å². The predicted octanol–water partition coefficient (Wildman–Crippen LogP) is 1.50. The topological polar surface area (TPSA) is 26.3 Å². The van der Waals surface area contributed by atoms with Crippen LogP contribution in [0.1, 0.15) is 13.3 Å². The lowest BCUT2D eigenvalue weighted by atomic mass is 9.99. The zero-order chi connectivity index (χ0) is 7.07. The fraction of sp³-hybridized carbons (Fsp3) is 0.800. The highest BCUT2D eigenvalue weighted by molar-refractivity contribution is 6.45. The maximum Gasteiger partial charge on any atom is 0.310 e. The van der Waals surface area contributed by atoms with Crippen molar-refractivity contribution in [2.45, 2.75) is 23.8 Å². The summed E-state index contributed by atoms with van der Waals surface area (Å²) in [5, 5.41) is 0. The summed E-state index contributed by atoms with van der Waals surface area (Å²) in [6.45, 7) is 1.71. The summed E-state index contributed by atoms with van der Waals surface area (Å²) in [6.07, 6.45) is 0.324. The van der Waals surface area contributed by atoms with E-state index in [9.17, 15) is 4.79 Å². The van der Waals surface area contributed by atoms with E-state index in [0.717, 1.165) is 0 Å². The lowest BCUT2D eigenvalue weighted by molar-refractivity contribution is -0.185. The molecule has 52 valence electrons. The lowest BCUT2D eigenvalue weighted by Gasteiger charge is -2.37. The van der Waals surface area contributed by atoms with E-state index in [4.69, 9.17) is 23.2 Å². The van der Waals surface area contributed by atoms with Crippen molar-refractivity contribution < 1.29 is 9.53 Å². The van der Waals surface area contributed by atoms with E-state index in [1.54, 1.807) is 6.92 Å². The predicted molar refractivity (Wildman–Crippen MR) is 34.6 cm³/mol. The zero-order valence-corrected chi connectivity index (χ0v) is 6.37. The highest BCUT2D eigenvalue weighted by Gasteiger charge is 2.46. The fourth-order valence-electron chi connectivity index (χ4n) is 0.660. The molecule has 0 unspecified atom stereocenters. The van der Waals surface area contributed by atoms with Crippen molar-refractivity contribution in [2.75, 3.05) is 0 Å². The van der Waals surface area contributed by atoms with Crippen LogP contribution < -0.4 is 0 Å². The fourth-order valence-corrected chi connectivity index (χ4v) is 0.903. The monoisotopic (exact) mass is 168 g/mol. The summed E-state index contributed by atoms with van der Waals surface area (Å²) in [7, 11) is 0. The number of hydrogen-bond donors (Lipinski definition) is 0. The minimum Gasteiger partial charge on any atom is -0.456 e. The van der Waals surface area contributed by atoms with E-state index in [0.29, 0.717) is 6.42 Å². The standard InChI is InChI=1S/C5H6Cl2O2/c1-5(4(6)7)2-3(8)9-5/h4H,2H2,1H3/t5-/m1/s1. The summed E-state index contributed by atoms with van der Waals surface area (Å²) in [5.41, 5.74) is -0.625. The molecule has 1 aliphatic rings. The van der Waals surface area contributed by atoms with Crippen molar-refractivity contribution in [3.63, 3.8) is 0 Å². The van der Waals surface area contributed by atoms with Crippen LogP contribution in [0.3, 0.4) is 0 Å². The molecule has 0 bridgehead atoms. The van der Waals surface area contributed by atoms with Gasteiger partial charge in [-0.25, -0.2) is 0 Å². The lowest BCUT2D eigenvalue weighted by Crippen LogP contribution is -2.49. The van der Waals surface area contributed by atoms with Gasteiger partial charge in [0.1, 0.15) is 10.4 Å². The van der Waals surface area contributed by atoms with Crippen LogP contribution in [-0.2, 0) is 9.53 Å². The minimum atomic E-state index is -0.625. The molecule has 0 aromatic rings. The van der Waals surface area contributed by atoms with Crippen molar-refractivity contribution in [3.05, 3.63) is 0 Å². The Balaban J connectivity index is 2.49. The Labute approximate surface area is 63.1 Å². The van der Waals surface area contributed by atoms with E-state index >= 15 is 0 Å². The molecule has 0 saturated carbocycles. The van der Waals surface area contributed by atoms with Crippen LogP contribution in [0.4, 0.5) is 0 Å². The molecule has 1 heterocycles. The molecule has 0 amide bonds. The average molecular weight is 169 g/mol. The van der Waals surface area contributed by atoms with Crippen LogP contribution in [-0.4, -0.2) is 16.4 Å². The van der Waals surface area contributed by atoms with E-state index in [-0.39, 0.29) is 5.97 Å². The minimum absolute atomic E-state index is 0.233. The summed E-state index contributed by atoms with van der Waals surface area (Å²) in [5.74, 6) is -0.233. The quantitative estimate of drug-likeness (QED) is 0.439. The van der Waals surface area contributed by atoms with Gasteiger partial charge in [0.15, 0.2) is 0 Å². The molecule has 9 heavy (non-hydrogen) atoms. The van der Waals surface area contributed by atoms with Crippen molar-refractivity contribution in [2.24, 2.45) is 0 Å². The van der Waals surface area contributed by atoms with Crippen LogP contribution in [0.5, 0.6) is 0 Å². The maximum atomic E-state index is 10.3. The Morgan fingerprint density at radius 3 is 2.33 bits per heavy atom. The second kappa shape index (κ2) is 2.03. The number of carbonyl (C=O) groups is 1. The first-order chi connectivity index (χ1) is 4.04. The molecule has 0 aliphatic carbocycles. The van der Waals surface area contributed by atoms with Crippen molar-refractivity contribution in [1.82, 2.24) is 0 Å². The third kappa shape index (κ3) is 1.14. The number of alkyl halides is 2. The molecule has 4 heteroatoms. The molecule has 1 rings (SSSR count). The van der Waals surface area contributed by atoms with Gasteiger partial charge in [0.05, 0.1) is 6.42 Å². The Bertz CT molecular complexity index is 136. The molecule has 0 aromatic heterocycles. The summed E-state index contributed by atoms with van der Waals surface area (Å²) < 4.78 is 4.69. The molecule has 1 aliphatic heterocycles. The third-order valence-electron chi connectivity index (χ3n) is 1.30. The Morgan fingerprint density at radius 2 is 2.22 bits per heavy atom. The molecule has 0 spiro atoms. The van der Waals surface area contributed by atoms with Gasteiger partial charge in [-0.3, -0.25) is 4.79 Å². The zero-order valence-electron chi connectivity index (χ0n) is 4.86. The number of halogens is 2. The molecule has 1 atom stereocenters. The van der Waals surface area contributed by atoms with Crippen LogP contribution >= 0.6 is 23.2 Å². The molecule has 0 aromatic carbocycles. The summed E-state index contributed by atoms with van der Waals surface area (Å²) >= 11 is 10.9. The van der Waals surface area contributed by atoms with Gasteiger partial charge in [-0.15, -0.1) is 23.2 Å². The number of esters is 1. The van der Waals surface area contributed by atoms with E-state index in [1.165, 1.54) is 0 Å². The second-order valence-electron chi connectivity index (χ2n) is 2.26. The van der Waals surface area contributed by atoms with Crippen molar-refractivity contribution >= 4 is 29.2 Å². The average Bonchev–Trinajstić information content (AvgIpc) is 1.62. The van der Waals surface area contributed by atoms with Gasteiger partial charge < -0.3 is 4.74 Å². The van der Waals surface area contributed by atoms with Crippen LogP contribution in [0, 0.1) is 0 Å². The summed E-state index contributed by atoms with van der Waals surface area (Å²) in [6, 6.07) is 0. The molecule has 1 fully saturated rings. The largest absolute Gasteiger partial charge is 0.456 e. The normalized spacial score (nSPS) is 34.0. The Hall–Kier alpha value is 0.0500. The van der Waals surface area contributed by atoms with E-state index < -0.39 is 10.4 Å². The van der Waals surface area contributed by atoms with Crippen molar-refractivity contribution in [1.29, 1.82) is 0 Å². The smallest absolute Gasteiger partial charge is 0.310 e. The van der Waals surface area contributed by atoms with Gasteiger partial charge in [0.2, 0.25) is 0 Å². The maximum absolute atomic E-state index is 10.3.